The molecule has 0 radical (unpaired) electrons. The van der Waals surface area contributed by atoms with Gasteiger partial charge >= 0.3 is 0 Å². The summed E-state index contributed by atoms with van der Waals surface area (Å²) in [5, 5.41) is 11.5. The zero-order valence-corrected chi connectivity index (χ0v) is 24.7. The number of aromatic nitrogens is 4. The minimum absolute atomic E-state index is 0.379. The molecule has 0 aliphatic carbocycles. The monoisotopic (exact) mass is 572 g/mol. The second-order valence-corrected chi connectivity index (χ2v) is 10.8. The van der Waals surface area contributed by atoms with Crippen LogP contribution in [0.25, 0.3) is 0 Å². The molecule has 7 heteroatoms. The van der Waals surface area contributed by atoms with Crippen LogP contribution in [0.1, 0.15) is 33.9 Å². The molecule has 43 heavy (non-hydrogen) atoms. The fraction of sp³-hybridized carbons (Fsp3) is 0.278. The number of phenolic OH excluding ortho intramolecular Hbond substituents is 1. The number of hydrogen-bond donors (Lipinski definition) is 1. The number of rotatable bonds is 16. The third-order valence-corrected chi connectivity index (χ3v) is 7.63. The van der Waals surface area contributed by atoms with Crippen LogP contribution in [0.3, 0.4) is 0 Å². The molecule has 0 spiro atoms. The molecule has 4 aromatic heterocycles. The first-order valence-corrected chi connectivity index (χ1v) is 15.1. The molecule has 5 rings (SSSR count). The molecule has 4 heterocycles. The van der Waals surface area contributed by atoms with Crippen LogP contribution in [0, 0.1) is 0 Å². The van der Waals surface area contributed by atoms with Crippen LogP contribution in [0.5, 0.6) is 5.75 Å². The molecular weight excluding hydrogens is 532 g/mol. The Morgan fingerprint density at radius 2 is 0.744 bits per heavy atom. The van der Waals surface area contributed by atoms with Crippen molar-refractivity contribution in [2.24, 2.45) is 0 Å². The highest BCUT2D eigenvalue weighted by atomic mass is 16.3. The summed E-state index contributed by atoms with van der Waals surface area (Å²) in [5.41, 5.74) is 6.15. The maximum Gasteiger partial charge on any atom is 0.124 e. The maximum atomic E-state index is 11.5. The van der Waals surface area contributed by atoms with Crippen molar-refractivity contribution in [3.8, 4) is 5.75 Å². The molecule has 7 nitrogen and oxygen atoms in total. The number of hydrogen-bond acceptors (Lipinski definition) is 7. The van der Waals surface area contributed by atoms with Gasteiger partial charge in [-0.15, -0.1) is 0 Å². The van der Waals surface area contributed by atoms with Crippen molar-refractivity contribution in [1.29, 1.82) is 0 Å². The second kappa shape index (κ2) is 16.2. The van der Waals surface area contributed by atoms with Crippen LogP contribution in [0.4, 0.5) is 0 Å². The van der Waals surface area contributed by atoms with Crippen LogP contribution >= 0.6 is 0 Å². The molecule has 1 aromatic carbocycles. The van der Waals surface area contributed by atoms with Crippen molar-refractivity contribution >= 4 is 0 Å². The zero-order valence-electron chi connectivity index (χ0n) is 24.7. The van der Waals surface area contributed by atoms with Gasteiger partial charge in [0.05, 0.1) is 0 Å². The fourth-order valence-corrected chi connectivity index (χ4v) is 5.20. The number of aromatic hydroxyl groups is 1. The molecule has 0 amide bonds. The Bertz CT molecular complexity index is 1290. The van der Waals surface area contributed by atoms with E-state index < -0.39 is 0 Å². The van der Waals surface area contributed by atoms with Gasteiger partial charge in [-0.3, -0.25) is 29.7 Å². The molecular formula is C36H40N6O. The molecule has 5 aromatic rings. The lowest BCUT2D eigenvalue weighted by Crippen LogP contribution is -2.29. The highest BCUT2D eigenvalue weighted by Crippen LogP contribution is 2.26. The Hall–Kier alpha value is -4.46. The molecule has 0 fully saturated rings. The minimum atomic E-state index is 0.379. The molecule has 0 bridgehead atoms. The van der Waals surface area contributed by atoms with E-state index in [2.05, 4.69) is 60.1 Å². The van der Waals surface area contributed by atoms with Crippen molar-refractivity contribution in [3.05, 3.63) is 150 Å². The van der Waals surface area contributed by atoms with E-state index in [0.717, 1.165) is 85.8 Å². The van der Waals surface area contributed by atoms with Crippen molar-refractivity contribution < 1.29 is 5.11 Å². The molecule has 220 valence electrons. The van der Waals surface area contributed by atoms with Crippen LogP contribution < -0.4 is 0 Å². The summed E-state index contributed by atoms with van der Waals surface area (Å²) in [4.78, 5) is 22.8. The van der Waals surface area contributed by atoms with E-state index in [-0.39, 0.29) is 0 Å². The zero-order chi connectivity index (χ0) is 29.5. The van der Waals surface area contributed by atoms with Crippen LogP contribution in [0.2, 0.25) is 0 Å². The van der Waals surface area contributed by atoms with Gasteiger partial charge < -0.3 is 5.11 Å². The van der Waals surface area contributed by atoms with E-state index >= 15 is 0 Å². The van der Waals surface area contributed by atoms with E-state index in [4.69, 9.17) is 0 Å². The Morgan fingerprint density at radius 1 is 0.419 bits per heavy atom. The summed E-state index contributed by atoms with van der Waals surface area (Å²) in [6.07, 6.45) is 10.8. The van der Waals surface area contributed by atoms with Crippen LogP contribution in [-0.2, 0) is 38.8 Å². The number of phenols is 1. The van der Waals surface area contributed by atoms with Gasteiger partial charge in [-0.25, -0.2) is 0 Å². The average Bonchev–Trinajstić information content (AvgIpc) is 3.07. The van der Waals surface area contributed by atoms with Gasteiger partial charge in [-0.05, 0) is 48.5 Å². The lowest BCUT2D eigenvalue weighted by atomic mass is 10.1. The summed E-state index contributed by atoms with van der Waals surface area (Å²) in [6.45, 7) is 4.67. The minimum Gasteiger partial charge on any atom is -0.507 e. The van der Waals surface area contributed by atoms with E-state index in [0.29, 0.717) is 18.8 Å². The largest absolute Gasteiger partial charge is 0.507 e. The Labute approximate surface area is 255 Å². The Morgan fingerprint density at radius 3 is 1.02 bits per heavy atom. The number of pyridine rings is 4. The summed E-state index contributed by atoms with van der Waals surface area (Å²) in [6, 6.07) is 30.3. The first-order chi connectivity index (χ1) is 21.2. The normalized spacial score (nSPS) is 11.3. The summed E-state index contributed by atoms with van der Waals surface area (Å²) >= 11 is 0. The Kier molecular flexibility index (Phi) is 11.3. The van der Waals surface area contributed by atoms with Crippen molar-refractivity contribution in [2.75, 3.05) is 26.2 Å². The van der Waals surface area contributed by atoms with E-state index in [1.165, 1.54) is 0 Å². The number of nitrogens with zero attached hydrogens (tertiary/aromatic N) is 6. The molecule has 0 aliphatic heterocycles. The fourth-order valence-electron chi connectivity index (χ4n) is 5.20. The van der Waals surface area contributed by atoms with Gasteiger partial charge in [0.15, 0.2) is 0 Å². The van der Waals surface area contributed by atoms with Gasteiger partial charge in [0.1, 0.15) is 5.75 Å². The summed E-state index contributed by atoms with van der Waals surface area (Å²) in [5.74, 6) is 0.379. The molecule has 1 N–H and O–H groups in total. The van der Waals surface area contributed by atoms with Crippen molar-refractivity contribution in [1.82, 2.24) is 29.7 Å². The van der Waals surface area contributed by atoms with Gasteiger partial charge in [-0.2, -0.15) is 0 Å². The quantitative estimate of drug-likeness (QED) is 0.166. The topological polar surface area (TPSA) is 78.3 Å². The summed E-state index contributed by atoms with van der Waals surface area (Å²) < 4.78 is 0. The second-order valence-electron chi connectivity index (χ2n) is 10.8. The number of benzene rings is 1. The maximum absolute atomic E-state index is 11.5. The molecule has 0 unspecified atom stereocenters. The molecule has 0 atom stereocenters. The SMILES string of the molecule is Oc1c(CN(CCc2ccccn2)CCc2ccccn2)cccc1CN(CCc1ccccn1)CCc1ccccn1. The van der Waals surface area contributed by atoms with Crippen LogP contribution in [0.15, 0.2) is 116 Å². The van der Waals surface area contributed by atoms with Crippen molar-refractivity contribution in [3.63, 3.8) is 0 Å². The standard InChI is InChI=1S/C36H40N6O/c43-36-30(28-41(24-16-32-12-1-5-20-37-32)25-17-33-13-2-6-21-38-33)10-9-11-31(36)29-42(26-18-34-14-3-7-22-39-34)27-19-35-15-4-8-23-40-35/h1-15,20-23,43H,16-19,24-29H2. The molecule has 0 saturated carbocycles. The highest BCUT2D eigenvalue weighted by molar-refractivity contribution is 5.40. The predicted molar refractivity (Wildman–Crippen MR) is 170 cm³/mol. The van der Waals surface area contributed by atoms with E-state index in [1.807, 2.05) is 85.5 Å². The lowest BCUT2D eigenvalue weighted by Gasteiger charge is -2.25. The first kappa shape index (κ1) is 30.0. The van der Waals surface area contributed by atoms with E-state index in [1.54, 1.807) is 0 Å². The van der Waals surface area contributed by atoms with Gasteiger partial charge in [-0.1, -0.05) is 42.5 Å². The van der Waals surface area contributed by atoms with Crippen LogP contribution in [-0.4, -0.2) is 61.0 Å². The highest BCUT2D eigenvalue weighted by Gasteiger charge is 2.16. The first-order valence-electron chi connectivity index (χ1n) is 15.1. The number of para-hydroxylation sites is 1. The van der Waals surface area contributed by atoms with Crippen molar-refractivity contribution in [2.45, 2.75) is 38.8 Å². The van der Waals surface area contributed by atoms with E-state index in [9.17, 15) is 5.11 Å². The Balaban J connectivity index is 1.28. The third kappa shape index (κ3) is 9.81. The average molecular weight is 573 g/mol. The molecule has 0 aliphatic rings. The third-order valence-electron chi connectivity index (χ3n) is 7.63. The lowest BCUT2D eigenvalue weighted by molar-refractivity contribution is 0.258. The predicted octanol–water partition coefficient (Wildman–Crippen LogP) is 5.55. The summed E-state index contributed by atoms with van der Waals surface area (Å²) in [7, 11) is 0. The van der Waals surface area contributed by atoms with Gasteiger partial charge in [0, 0.05) is 124 Å². The molecule has 0 saturated heterocycles. The smallest absolute Gasteiger partial charge is 0.124 e. The van der Waals surface area contributed by atoms with Gasteiger partial charge in [0.25, 0.3) is 0 Å². The van der Waals surface area contributed by atoms with Gasteiger partial charge in [0.2, 0.25) is 0 Å².